The lowest BCUT2D eigenvalue weighted by atomic mass is 10.1. The Labute approximate surface area is 132 Å². The van der Waals surface area contributed by atoms with Gasteiger partial charge in [0.25, 0.3) is 0 Å². The van der Waals surface area contributed by atoms with E-state index in [2.05, 4.69) is 0 Å². The highest BCUT2D eigenvalue weighted by Gasteiger charge is 2.22. The normalized spacial score (nSPS) is 10.5. The van der Waals surface area contributed by atoms with Crippen LogP contribution in [0.4, 0.5) is 0 Å². The molecule has 2 heterocycles. The number of fused-ring (bicyclic) bond motifs is 1. The Balaban J connectivity index is 2.30. The summed E-state index contributed by atoms with van der Waals surface area (Å²) >= 11 is 0. The molecule has 0 radical (unpaired) electrons. The minimum absolute atomic E-state index is 0.245. The van der Waals surface area contributed by atoms with Crippen LogP contribution < -0.4 is 0 Å². The first-order chi connectivity index (χ1) is 11.2. The second-order valence-electron chi connectivity index (χ2n) is 4.92. The summed E-state index contributed by atoms with van der Waals surface area (Å²) in [4.78, 5) is 36.1. The monoisotopic (exact) mass is 307 g/mol. The molecule has 0 N–H and O–H groups in total. The average Bonchev–Trinajstić information content (AvgIpc) is 3.01. The summed E-state index contributed by atoms with van der Waals surface area (Å²) in [5, 5.41) is 0. The molecule has 23 heavy (non-hydrogen) atoms. The number of aldehydes is 1. The van der Waals surface area contributed by atoms with E-state index in [1.54, 1.807) is 42.5 Å². The molecule has 0 aliphatic rings. The number of methoxy groups -OCH3 is 1. The summed E-state index contributed by atoms with van der Waals surface area (Å²) in [6.45, 7) is 0. The molecule has 1 aromatic carbocycles. The minimum atomic E-state index is -0.558. The van der Waals surface area contributed by atoms with Crippen LogP contribution in [0.5, 0.6) is 0 Å². The average molecular weight is 307 g/mol. The summed E-state index contributed by atoms with van der Waals surface area (Å²) in [5.74, 6) is -0.831. The fraction of sp³-hybridized carbons (Fsp3) is 0.0556. The van der Waals surface area contributed by atoms with Crippen LogP contribution in [0.25, 0.3) is 5.52 Å². The maximum Gasteiger partial charge on any atom is 0.340 e. The van der Waals surface area contributed by atoms with Crippen LogP contribution in [0.15, 0.2) is 54.6 Å². The maximum absolute atomic E-state index is 12.8. The number of pyridine rings is 1. The van der Waals surface area contributed by atoms with E-state index in [4.69, 9.17) is 4.74 Å². The van der Waals surface area contributed by atoms with Crippen molar-refractivity contribution in [2.45, 2.75) is 0 Å². The van der Waals surface area contributed by atoms with Crippen LogP contribution >= 0.6 is 0 Å². The molecule has 114 valence electrons. The third-order valence-corrected chi connectivity index (χ3v) is 3.61. The zero-order valence-corrected chi connectivity index (χ0v) is 12.4. The molecule has 0 aliphatic carbocycles. The van der Waals surface area contributed by atoms with E-state index < -0.39 is 5.97 Å². The number of hydrogen-bond donors (Lipinski definition) is 0. The number of esters is 1. The molecule has 0 atom stereocenters. The summed E-state index contributed by atoms with van der Waals surface area (Å²) in [7, 11) is 1.27. The molecule has 0 spiro atoms. The molecule has 0 saturated carbocycles. The second-order valence-corrected chi connectivity index (χ2v) is 4.92. The topological polar surface area (TPSA) is 64.8 Å². The van der Waals surface area contributed by atoms with Crippen molar-refractivity contribution >= 4 is 23.6 Å². The Morgan fingerprint density at radius 1 is 1.04 bits per heavy atom. The number of carbonyl (C=O) groups excluding carboxylic acids is 3. The van der Waals surface area contributed by atoms with Crippen LogP contribution in [0.3, 0.4) is 0 Å². The Morgan fingerprint density at radius 3 is 2.43 bits per heavy atom. The van der Waals surface area contributed by atoms with Crippen molar-refractivity contribution in [2.75, 3.05) is 7.11 Å². The minimum Gasteiger partial charge on any atom is -0.465 e. The predicted octanol–water partition coefficient (Wildman–Crippen LogP) is 2.77. The highest BCUT2D eigenvalue weighted by molar-refractivity contribution is 6.11. The largest absolute Gasteiger partial charge is 0.465 e. The van der Waals surface area contributed by atoms with E-state index in [0.29, 0.717) is 17.4 Å². The summed E-state index contributed by atoms with van der Waals surface area (Å²) in [6, 6.07) is 15.1. The number of aromatic nitrogens is 1. The predicted molar refractivity (Wildman–Crippen MR) is 84.0 cm³/mol. The van der Waals surface area contributed by atoms with Crippen molar-refractivity contribution in [3.8, 4) is 0 Å². The third-order valence-electron chi connectivity index (χ3n) is 3.61. The standard InChI is InChI=1S/C18H13NO4/c1-23-18(22)14-10-16(17(21)12-6-3-2-4-7-12)19-13(11-20)8-5-9-15(14)19/h2-11H,1H3. The Morgan fingerprint density at radius 2 is 1.78 bits per heavy atom. The van der Waals surface area contributed by atoms with Gasteiger partial charge in [-0.2, -0.15) is 0 Å². The van der Waals surface area contributed by atoms with Crippen molar-refractivity contribution in [2.24, 2.45) is 0 Å². The van der Waals surface area contributed by atoms with Crippen LogP contribution in [0.2, 0.25) is 0 Å². The lowest BCUT2D eigenvalue weighted by molar-refractivity contribution is 0.0603. The van der Waals surface area contributed by atoms with Crippen molar-refractivity contribution < 1.29 is 19.1 Å². The Bertz CT molecular complexity index is 909. The number of ether oxygens (including phenoxy) is 1. The number of hydrogen-bond acceptors (Lipinski definition) is 4. The molecular formula is C18H13NO4. The van der Waals surface area contributed by atoms with Crippen LogP contribution in [-0.2, 0) is 4.74 Å². The third kappa shape index (κ3) is 2.42. The van der Waals surface area contributed by atoms with Gasteiger partial charge in [0, 0.05) is 5.56 Å². The van der Waals surface area contributed by atoms with E-state index >= 15 is 0 Å². The second kappa shape index (κ2) is 5.88. The van der Waals surface area contributed by atoms with Gasteiger partial charge in [-0.05, 0) is 18.2 Å². The fourth-order valence-electron chi connectivity index (χ4n) is 2.55. The van der Waals surface area contributed by atoms with Crippen molar-refractivity contribution in [3.63, 3.8) is 0 Å². The van der Waals surface area contributed by atoms with Gasteiger partial charge in [0.2, 0.25) is 5.78 Å². The van der Waals surface area contributed by atoms with E-state index in [0.717, 1.165) is 0 Å². The maximum atomic E-state index is 12.8. The number of ketones is 1. The lowest BCUT2D eigenvalue weighted by Crippen LogP contribution is -2.07. The van der Waals surface area contributed by atoms with E-state index in [1.807, 2.05) is 6.07 Å². The number of rotatable bonds is 4. The van der Waals surface area contributed by atoms with Gasteiger partial charge < -0.3 is 9.14 Å². The molecule has 0 amide bonds. The van der Waals surface area contributed by atoms with Gasteiger partial charge in [-0.15, -0.1) is 0 Å². The van der Waals surface area contributed by atoms with Gasteiger partial charge >= 0.3 is 5.97 Å². The molecule has 5 nitrogen and oxygen atoms in total. The molecule has 3 aromatic rings. The molecule has 0 saturated heterocycles. The fourth-order valence-corrected chi connectivity index (χ4v) is 2.55. The molecule has 5 heteroatoms. The van der Waals surface area contributed by atoms with E-state index in [9.17, 15) is 14.4 Å². The van der Waals surface area contributed by atoms with Crippen molar-refractivity contribution in [1.82, 2.24) is 4.40 Å². The number of benzene rings is 1. The number of carbonyl (C=O) groups is 3. The molecule has 3 rings (SSSR count). The molecule has 0 unspecified atom stereocenters. The zero-order chi connectivity index (χ0) is 16.4. The van der Waals surface area contributed by atoms with E-state index in [-0.39, 0.29) is 22.7 Å². The van der Waals surface area contributed by atoms with Gasteiger partial charge in [-0.1, -0.05) is 36.4 Å². The van der Waals surface area contributed by atoms with E-state index in [1.165, 1.54) is 17.6 Å². The first-order valence-electron chi connectivity index (χ1n) is 6.95. The van der Waals surface area contributed by atoms with Gasteiger partial charge in [-0.25, -0.2) is 4.79 Å². The highest BCUT2D eigenvalue weighted by atomic mass is 16.5. The van der Waals surface area contributed by atoms with Crippen molar-refractivity contribution in [1.29, 1.82) is 0 Å². The SMILES string of the molecule is COC(=O)c1cc(C(=O)c2ccccc2)n2c(C=O)cccc12. The molecule has 2 aromatic heterocycles. The van der Waals surface area contributed by atoms with Crippen LogP contribution in [0, 0.1) is 0 Å². The molecule has 0 aliphatic heterocycles. The van der Waals surface area contributed by atoms with Crippen molar-refractivity contribution in [3.05, 3.63) is 77.1 Å². The van der Waals surface area contributed by atoms with Gasteiger partial charge in [0.1, 0.15) is 0 Å². The zero-order valence-electron chi connectivity index (χ0n) is 12.4. The number of nitrogens with zero attached hydrogens (tertiary/aromatic N) is 1. The first kappa shape index (κ1) is 14.7. The first-order valence-corrected chi connectivity index (χ1v) is 6.95. The smallest absolute Gasteiger partial charge is 0.340 e. The molecule has 0 bridgehead atoms. The summed E-state index contributed by atoms with van der Waals surface area (Å²) in [5.41, 5.74) is 1.71. The molecular weight excluding hydrogens is 294 g/mol. The summed E-state index contributed by atoms with van der Waals surface area (Å²) < 4.78 is 6.25. The van der Waals surface area contributed by atoms with Gasteiger partial charge in [-0.3, -0.25) is 9.59 Å². The Kier molecular flexibility index (Phi) is 3.76. The summed E-state index contributed by atoms with van der Waals surface area (Å²) in [6.07, 6.45) is 0.649. The van der Waals surface area contributed by atoms with Crippen LogP contribution in [0.1, 0.15) is 36.9 Å². The highest BCUT2D eigenvalue weighted by Crippen LogP contribution is 2.22. The van der Waals surface area contributed by atoms with Crippen LogP contribution in [-0.4, -0.2) is 29.5 Å². The quantitative estimate of drug-likeness (QED) is 0.422. The van der Waals surface area contributed by atoms with Gasteiger partial charge in [0.15, 0.2) is 6.29 Å². The van der Waals surface area contributed by atoms with Gasteiger partial charge in [0.05, 0.1) is 29.6 Å². The molecule has 0 fully saturated rings. The lowest BCUT2D eigenvalue weighted by Gasteiger charge is -2.05. The Hall–Kier alpha value is -3.21.